The number of nitrogens with one attached hydrogen (secondary N) is 1. The number of ether oxygens (including phenoxy) is 4. The van der Waals surface area contributed by atoms with Gasteiger partial charge >= 0.3 is 0 Å². The molecular weight excluding hydrogens is 450 g/mol. The SMILES string of the molecule is COc1ccc2[nH]c(C)c(CCN(Cc3cc(OC)c(OC)c(OC)c3)C(=O)CN=C(N)N)c2c1. The van der Waals surface area contributed by atoms with Gasteiger partial charge in [0.25, 0.3) is 0 Å². The van der Waals surface area contributed by atoms with Crippen molar-refractivity contribution in [3.05, 3.63) is 47.2 Å². The third kappa shape index (κ3) is 5.89. The third-order valence-corrected chi connectivity index (χ3v) is 5.81. The zero-order chi connectivity index (χ0) is 25.5. The number of hydrogen-bond acceptors (Lipinski definition) is 6. The number of methoxy groups -OCH3 is 4. The molecule has 1 heterocycles. The quantitative estimate of drug-likeness (QED) is 0.281. The number of amides is 1. The maximum absolute atomic E-state index is 13.1. The molecule has 0 aliphatic heterocycles. The molecule has 188 valence electrons. The van der Waals surface area contributed by atoms with Crippen molar-refractivity contribution in [1.82, 2.24) is 9.88 Å². The number of aryl methyl sites for hydroxylation is 1. The number of aliphatic imine (C=N–C) groups is 1. The molecule has 0 saturated carbocycles. The zero-order valence-corrected chi connectivity index (χ0v) is 20.8. The Hall–Kier alpha value is -4.08. The van der Waals surface area contributed by atoms with Gasteiger partial charge in [-0.3, -0.25) is 4.79 Å². The summed E-state index contributed by atoms with van der Waals surface area (Å²) in [6.07, 6.45) is 0.622. The third-order valence-electron chi connectivity index (χ3n) is 5.81. The van der Waals surface area contributed by atoms with Gasteiger partial charge in [-0.05, 0) is 54.8 Å². The van der Waals surface area contributed by atoms with Gasteiger partial charge < -0.3 is 40.3 Å². The molecule has 0 atom stereocenters. The highest BCUT2D eigenvalue weighted by atomic mass is 16.5. The van der Waals surface area contributed by atoms with Crippen LogP contribution in [0, 0.1) is 6.92 Å². The summed E-state index contributed by atoms with van der Waals surface area (Å²) in [6.45, 7) is 2.63. The molecule has 2 aromatic carbocycles. The lowest BCUT2D eigenvalue weighted by Gasteiger charge is -2.23. The van der Waals surface area contributed by atoms with Gasteiger partial charge in [-0.25, -0.2) is 4.99 Å². The minimum absolute atomic E-state index is 0.134. The molecule has 0 bridgehead atoms. The Morgan fingerprint density at radius 3 is 2.26 bits per heavy atom. The van der Waals surface area contributed by atoms with E-state index in [1.54, 1.807) is 33.3 Å². The molecule has 1 aromatic heterocycles. The number of nitrogens with zero attached hydrogens (tertiary/aromatic N) is 2. The minimum Gasteiger partial charge on any atom is -0.497 e. The van der Waals surface area contributed by atoms with Gasteiger partial charge in [-0.1, -0.05) is 0 Å². The average Bonchev–Trinajstić information content (AvgIpc) is 3.17. The number of aromatic nitrogens is 1. The first-order chi connectivity index (χ1) is 16.8. The molecule has 0 fully saturated rings. The summed E-state index contributed by atoms with van der Waals surface area (Å²) in [4.78, 5) is 22.1. The number of carbonyl (C=O) groups excluding carboxylic acids is 1. The smallest absolute Gasteiger partial charge is 0.244 e. The summed E-state index contributed by atoms with van der Waals surface area (Å²) in [5.74, 6) is 1.94. The molecule has 3 rings (SSSR count). The van der Waals surface area contributed by atoms with Gasteiger partial charge in [0, 0.05) is 29.7 Å². The molecule has 1 amide bonds. The van der Waals surface area contributed by atoms with Crippen LogP contribution in [0.1, 0.15) is 16.8 Å². The van der Waals surface area contributed by atoms with E-state index in [4.69, 9.17) is 30.4 Å². The number of guanidine groups is 1. The highest BCUT2D eigenvalue weighted by molar-refractivity contribution is 5.86. The number of nitrogens with two attached hydrogens (primary N) is 2. The number of aromatic amines is 1. The van der Waals surface area contributed by atoms with E-state index in [-0.39, 0.29) is 18.4 Å². The van der Waals surface area contributed by atoms with E-state index < -0.39 is 0 Å². The molecule has 3 aromatic rings. The van der Waals surface area contributed by atoms with Gasteiger partial charge in [-0.2, -0.15) is 0 Å². The first kappa shape index (κ1) is 25.5. The van der Waals surface area contributed by atoms with Crippen molar-refractivity contribution >= 4 is 22.8 Å². The van der Waals surface area contributed by atoms with Crippen LogP contribution in [-0.2, 0) is 17.8 Å². The Labute approximate surface area is 204 Å². The van der Waals surface area contributed by atoms with E-state index in [9.17, 15) is 4.79 Å². The number of hydrogen-bond donors (Lipinski definition) is 3. The Morgan fingerprint density at radius 1 is 1.00 bits per heavy atom. The van der Waals surface area contributed by atoms with E-state index in [0.29, 0.717) is 36.8 Å². The summed E-state index contributed by atoms with van der Waals surface area (Å²) in [5.41, 5.74) is 14.9. The van der Waals surface area contributed by atoms with Crippen LogP contribution in [0.3, 0.4) is 0 Å². The second kappa shape index (κ2) is 11.4. The molecule has 0 radical (unpaired) electrons. The van der Waals surface area contributed by atoms with Crippen molar-refractivity contribution in [3.63, 3.8) is 0 Å². The Bertz CT molecular complexity index is 1190. The lowest BCUT2D eigenvalue weighted by molar-refractivity contribution is -0.130. The molecule has 35 heavy (non-hydrogen) atoms. The molecular formula is C25H33N5O5. The van der Waals surface area contributed by atoms with Crippen LogP contribution in [-0.4, -0.2) is 63.3 Å². The molecule has 0 aliphatic rings. The standard InChI is InChI=1S/C25H33N5O5/c1-15-18(19-12-17(32-2)6-7-20(19)29-15)8-9-30(23(31)13-28-25(26)27)14-16-10-21(33-3)24(35-5)22(11-16)34-4/h6-7,10-12,29H,8-9,13-14H2,1-5H3,(H4,26,27,28). The monoisotopic (exact) mass is 483 g/mol. The van der Waals surface area contributed by atoms with Crippen molar-refractivity contribution in [2.75, 3.05) is 41.5 Å². The van der Waals surface area contributed by atoms with Crippen LogP contribution in [0.25, 0.3) is 10.9 Å². The van der Waals surface area contributed by atoms with E-state index in [2.05, 4.69) is 9.98 Å². The lowest BCUT2D eigenvalue weighted by Crippen LogP contribution is -2.35. The van der Waals surface area contributed by atoms with Crippen molar-refractivity contribution in [2.24, 2.45) is 16.5 Å². The second-order valence-corrected chi connectivity index (χ2v) is 7.98. The van der Waals surface area contributed by atoms with Crippen LogP contribution in [0.15, 0.2) is 35.3 Å². The average molecular weight is 484 g/mol. The van der Waals surface area contributed by atoms with Crippen LogP contribution < -0.4 is 30.4 Å². The number of H-pyrrole nitrogens is 1. The summed E-state index contributed by atoms with van der Waals surface area (Å²) < 4.78 is 21.7. The largest absolute Gasteiger partial charge is 0.497 e. The normalized spacial score (nSPS) is 10.7. The maximum atomic E-state index is 13.1. The van der Waals surface area contributed by atoms with Gasteiger partial charge in [0.1, 0.15) is 12.3 Å². The first-order valence-electron chi connectivity index (χ1n) is 11.1. The van der Waals surface area contributed by atoms with Crippen molar-refractivity contribution in [1.29, 1.82) is 0 Å². The van der Waals surface area contributed by atoms with Crippen LogP contribution >= 0.6 is 0 Å². The Morgan fingerprint density at radius 2 is 1.69 bits per heavy atom. The zero-order valence-electron chi connectivity index (χ0n) is 20.8. The first-order valence-corrected chi connectivity index (χ1v) is 11.1. The number of benzene rings is 2. The number of fused-ring (bicyclic) bond motifs is 1. The summed E-state index contributed by atoms with van der Waals surface area (Å²) >= 11 is 0. The molecule has 0 aliphatic carbocycles. The van der Waals surface area contributed by atoms with Crippen molar-refractivity contribution in [2.45, 2.75) is 19.9 Å². The van der Waals surface area contributed by atoms with Crippen LogP contribution in [0.2, 0.25) is 0 Å². The van der Waals surface area contributed by atoms with Crippen molar-refractivity contribution in [3.8, 4) is 23.0 Å². The van der Waals surface area contributed by atoms with Gasteiger partial charge in [0.05, 0.1) is 28.4 Å². The molecule has 10 heteroatoms. The van der Waals surface area contributed by atoms with Crippen LogP contribution in [0.4, 0.5) is 0 Å². The molecule has 0 unspecified atom stereocenters. The van der Waals surface area contributed by atoms with Gasteiger partial charge in [0.2, 0.25) is 11.7 Å². The maximum Gasteiger partial charge on any atom is 0.244 e. The number of rotatable bonds is 11. The summed E-state index contributed by atoms with van der Waals surface area (Å²) in [7, 11) is 6.29. The summed E-state index contributed by atoms with van der Waals surface area (Å²) in [5, 5.41) is 1.06. The predicted octanol–water partition coefficient (Wildman–Crippen LogP) is 2.36. The minimum atomic E-state index is -0.206. The summed E-state index contributed by atoms with van der Waals surface area (Å²) in [6, 6.07) is 9.55. The Balaban J connectivity index is 1.92. The second-order valence-electron chi connectivity index (χ2n) is 7.98. The van der Waals surface area contributed by atoms with Crippen molar-refractivity contribution < 1.29 is 23.7 Å². The molecule has 0 spiro atoms. The fraction of sp³-hybridized carbons (Fsp3) is 0.360. The lowest BCUT2D eigenvalue weighted by atomic mass is 10.1. The van der Waals surface area contributed by atoms with E-state index in [1.807, 2.05) is 37.3 Å². The van der Waals surface area contributed by atoms with E-state index >= 15 is 0 Å². The van der Waals surface area contributed by atoms with Gasteiger partial charge in [0.15, 0.2) is 17.5 Å². The highest BCUT2D eigenvalue weighted by Crippen LogP contribution is 2.38. The predicted molar refractivity (Wildman–Crippen MR) is 135 cm³/mol. The van der Waals surface area contributed by atoms with E-state index in [0.717, 1.165) is 33.5 Å². The topological polar surface area (TPSA) is 137 Å². The highest BCUT2D eigenvalue weighted by Gasteiger charge is 2.19. The van der Waals surface area contributed by atoms with E-state index in [1.165, 1.54) is 0 Å². The fourth-order valence-corrected chi connectivity index (χ4v) is 4.06. The van der Waals surface area contributed by atoms with Gasteiger partial charge in [-0.15, -0.1) is 0 Å². The van der Waals surface area contributed by atoms with Crippen LogP contribution in [0.5, 0.6) is 23.0 Å². The Kier molecular flexibility index (Phi) is 8.30. The molecule has 0 saturated heterocycles. The molecule has 5 N–H and O–H groups in total. The fourth-order valence-electron chi connectivity index (χ4n) is 4.06. The molecule has 10 nitrogen and oxygen atoms in total. The number of carbonyl (C=O) groups is 1.